The first-order valence-corrected chi connectivity index (χ1v) is 6.07. The van der Waals surface area contributed by atoms with E-state index < -0.39 is 0 Å². The number of rotatable bonds is 2. The predicted octanol–water partition coefficient (Wildman–Crippen LogP) is 2.80. The maximum atomic E-state index is 11.7. The number of amides is 1. The van der Waals surface area contributed by atoms with Crippen molar-refractivity contribution >= 4 is 46.1 Å². The summed E-state index contributed by atoms with van der Waals surface area (Å²) >= 11 is 12.3. The summed E-state index contributed by atoms with van der Waals surface area (Å²) in [7, 11) is 0. The van der Waals surface area contributed by atoms with Gasteiger partial charge in [-0.3, -0.25) is 4.79 Å². The zero-order valence-electron chi connectivity index (χ0n) is 8.57. The number of halogens is 2. The molecule has 0 spiro atoms. The second-order valence-electron chi connectivity index (χ2n) is 3.08. The van der Waals surface area contributed by atoms with E-state index in [1.165, 1.54) is 0 Å². The average Bonchev–Trinajstić information content (AvgIpc) is 2.69. The number of aryl methyl sites for hydroxylation is 1. The Kier molecular flexibility index (Phi) is 3.56. The Morgan fingerprint density at radius 1 is 1.35 bits per heavy atom. The minimum absolute atomic E-state index is 0.198. The summed E-state index contributed by atoms with van der Waals surface area (Å²) in [6.45, 7) is 1.74. The monoisotopic (exact) mass is 288 g/mol. The van der Waals surface area contributed by atoms with Crippen LogP contribution >= 0.6 is 34.5 Å². The number of carbonyl (C=O) groups excluding carboxylic acids is 1. The molecule has 88 valence electrons. The molecule has 0 fully saturated rings. The molecule has 0 radical (unpaired) electrons. The van der Waals surface area contributed by atoms with Gasteiger partial charge >= 0.3 is 0 Å². The maximum Gasteiger partial charge on any atom is 0.286 e. The molecule has 0 saturated heterocycles. The summed E-state index contributed by atoms with van der Waals surface area (Å²) in [5.41, 5.74) is 1.20. The molecule has 0 atom stereocenters. The molecule has 0 aliphatic heterocycles. The summed E-state index contributed by atoms with van der Waals surface area (Å²) in [4.78, 5) is 15.8. The summed E-state index contributed by atoms with van der Waals surface area (Å²) in [5.74, 6) is -0.373. The van der Waals surface area contributed by atoms with Gasteiger partial charge < -0.3 is 5.32 Å². The SMILES string of the molecule is Cc1nc(Cl)ccc1NC(=O)c1nnc(Cl)s1. The Labute approximate surface area is 111 Å². The zero-order chi connectivity index (χ0) is 12.4. The van der Waals surface area contributed by atoms with E-state index in [4.69, 9.17) is 23.2 Å². The van der Waals surface area contributed by atoms with E-state index in [-0.39, 0.29) is 15.4 Å². The Hall–Kier alpha value is -1.24. The van der Waals surface area contributed by atoms with Crippen LogP contribution in [0.2, 0.25) is 9.62 Å². The van der Waals surface area contributed by atoms with Crippen LogP contribution in [0.3, 0.4) is 0 Å². The van der Waals surface area contributed by atoms with Gasteiger partial charge in [0.25, 0.3) is 5.91 Å². The summed E-state index contributed by atoms with van der Waals surface area (Å²) < 4.78 is 0.223. The van der Waals surface area contributed by atoms with Crippen molar-refractivity contribution in [3.8, 4) is 0 Å². The number of hydrogen-bond donors (Lipinski definition) is 1. The molecular formula is C9H6Cl2N4OS. The van der Waals surface area contributed by atoms with Crippen LogP contribution in [0.4, 0.5) is 5.69 Å². The third-order valence-corrected chi connectivity index (χ3v) is 3.12. The van der Waals surface area contributed by atoms with E-state index in [0.717, 1.165) is 11.3 Å². The number of anilines is 1. The van der Waals surface area contributed by atoms with E-state index in [2.05, 4.69) is 20.5 Å². The van der Waals surface area contributed by atoms with Gasteiger partial charge in [-0.2, -0.15) is 0 Å². The van der Waals surface area contributed by atoms with Gasteiger partial charge in [0.1, 0.15) is 5.15 Å². The minimum atomic E-state index is -0.373. The highest BCUT2D eigenvalue weighted by atomic mass is 35.5. The maximum absolute atomic E-state index is 11.7. The van der Waals surface area contributed by atoms with E-state index in [9.17, 15) is 4.79 Å². The van der Waals surface area contributed by atoms with Crippen molar-refractivity contribution in [3.05, 3.63) is 32.5 Å². The lowest BCUT2D eigenvalue weighted by molar-refractivity contribution is 0.102. The van der Waals surface area contributed by atoms with Crippen molar-refractivity contribution in [2.75, 3.05) is 5.32 Å². The molecule has 0 aromatic carbocycles. The molecule has 2 rings (SSSR count). The van der Waals surface area contributed by atoms with Gasteiger partial charge in [0.2, 0.25) is 9.47 Å². The smallest absolute Gasteiger partial charge is 0.286 e. The fraction of sp³-hybridized carbons (Fsp3) is 0.111. The number of nitrogens with zero attached hydrogens (tertiary/aromatic N) is 3. The lowest BCUT2D eigenvalue weighted by Crippen LogP contribution is -2.13. The van der Waals surface area contributed by atoms with Crippen LogP contribution < -0.4 is 5.32 Å². The molecule has 1 amide bonds. The Morgan fingerprint density at radius 3 is 2.71 bits per heavy atom. The van der Waals surface area contributed by atoms with Gasteiger partial charge in [0, 0.05) is 0 Å². The van der Waals surface area contributed by atoms with Gasteiger partial charge in [-0.05, 0) is 30.7 Å². The topological polar surface area (TPSA) is 67.8 Å². The minimum Gasteiger partial charge on any atom is -0.318 e. The molecule has 2 aromatic heterocycles. The van der Waals surface area contributed by atoms with Crippen molar-refractivity contribution in [1.29, 1.82) is 0 Å². The molecule has 8 heteroatoms. The van der Waals surface area contributed by atoms with Gasteiger partial charge in [-0.15, -0.1) is 10.2 Å². The third-order valence-electron chi connectivity index (χ3n) is 1.89. The molecular weight excluding hydrogens is 283 g/mol. The second-order valence-corrected chi connectivity index (χ2v) is 5.03. The van der Waals surface area contributed by atoms with Crippen molar-refractivity contribution in [3.63, 3.8) is 0 Å². The molecule has 2 heterocycles. The molecule has 1 N–H and O–H groups in total. The molecule has 0 saturated carbocycles. The van der Waals surface area contributed by atoms with Gasteiger partial charge in [-0.25, -0.2) is 4.98 Å². The lowest BCUT2D eigenvalue weighted by atomic mass is 10.3. The Balaban J connectivity index is 2.18. The quantitative estimate of drug-likeness (QED) is 0.863. The van der Waals surface area contributed by atoms with Crippen LogP contribution in [-0.2, 0) is 0 Å². The number of hydrogen-bond acceptors (Lipinski definition) is 5. The predicted molar refractivity (Wildman–Crippen MR) is 66.9 cm³/mol. The first-order chi connectivity index (χ1) is 8.06. The van der Waals surface area contributed by atoms with Crippen LogP contribution in [0.5, 0.6) is 0 Å². The highest BCUT2D eigenvalue weighted by Crippen LogP contribution is 2.19. The van der Waals surface area contributed by atoms with E-state index in [0.29, 0.717) is 16.5 Å². The third kappa shape index (κ3) is 2.91. The van der Waals surface area contributed by atoms with Crippen molar-refractivity contribution < 1.29 is 4.79 Å². The van der Waals surface area contributed by atoms with Crippen molar-refractivity contribution in [1.82, 2.24) is 15.2 Å². The first-order valence-electron chi connectivity index (χ1n) is 4.50. The van der Waals surface area contributed by atoms with Gasteiger partial charge in [0.15, 0.2) is 0 Å². The lowest BCUT2D eigenvalue weighted by Gasteiger charge is -2.05. The van der Waals surface area contributed by atoms with Crippen LogP contribution in [0.15, 0.2) is 12.1 Å². The normalized spacial score (nSPS) is 10.3. The largest absolute Gasteiger partial charge is 0.318 e. The van der Waals surface area contributed by atoms with Crippen LogP contribution in [0.1, 0.15) is 15.5 Å². The van der Waals surface area contributed by atoms with Gasteiger partial charge in [0.05, 0.1) is 11.4 Å². The molecule has 0 bridgehead atoms. The average molecular weight is 289 g/mol. The summed E-state index contributed by atoms with van der Waals surface area (Å²) in [6, 6.07) is 3.27. The first kappa shape index (κ1) is 12.2. The number of nitrogens with one attached hydrogen (secondary N) is 1. The van der Waals surface area contributed by atoms with Crippen LogP contribution in [0, 0.1) is 6.92 Å². The second kappa shape index (κ2) is 4.95. The molecule has 0 aliphatic carbocycles. The number of pyridine rings is 1. The Bertz CT molecular complexity index is 572. The standard InChI is InChI=1S/C9H6Cl2N4OS/c1-4-5(2-3-6(10)12-4)13-7(16)8-14-15-9(11)17-8/h2-3H,1H3,(H,13,16). The van der Waals surface area contributed by atoms with Gasteiger partial charge in [-0.1, -0.05) is 22.9 Å². The number of aromatic nitrogens is 3. The fourth-order valence-corrected chi connectivity index (χ4v) is 2.05. The summed E-state index contributed by atoms with van der Waals surface area (Å²) in [6.07, 6.45) is 0. The molecule has 2 aromatic rings. The fourth-order valence-electron chi connectivity index (χ4n) is 1.14. The van der Waals surface area contributed by atoms with Crippen LogP contribution in [0.25, 0.3) is 0 Å². The molecule has 17 heavy (non-hydrogen) atoms. The van der Waals surface area contributed by atoms with Crippen molar-refractivity contribution in [2.45, 2.75) is 6.92 Å². The number of carbonyl (C=O) groups is 1. The Morgan fingerprint density at radius 2 is 2.12 bits per heavy atom. The van der Waals surface area contributed by atoms with Crippen molar-refractivity contribution in [2.24, 2.45) is 0 Å². The van der Waals surface area contributed by atoms with Crippen LogP contribution in [-0.4, -0.2) is 21.1 Å². The van der Waals surface area contributed by atoms with E-state index >= 15 is 0 Å². The molecule has 5 nitrogen and oxygen atoms in total. The molecule has 0 unspecified atom stereocenters. The zero-order valence-corrected chi connectivity index (χ0v) is 10.9. The highest BCUT2D eigenvalue weighted by molar-refractivity contribution is 7.17. The summed E-state index contributed by atoms with van der Waals surface area (Å²) in [5, 5.41) is 10.4. The van der Waals surface area contributed by atoms with E-state index in [1.54, 1.807) is 19.1 Å². The van der Waals surface area contributed by atoms with E-state index in [1.807, 2.05) is 0 Å². The molecule has 0 aliphatic rings. The highest BCUT2D eigenvalue weighted by Gasteiger charge is 2.13.